The van der Waals surface area contributed by atoms with Crippen molar-refractivity contribution >= 4 is 5.91 Å². The van der Waals surface area contributed by atoms with Crippen molar-refractivity contribution in [3.8, 4) is 0 Å². The second-order valence-corrected chi connectivity index (χ2v) is 6.14. The smallest absolute Gasteiger partial charge is 0.254 e. The van der Waals surface area contributed by atoms with Crippen molar-refractivity contribution < 1.29 is 4.79 Å². The molecule has 134 valence electrons. The molecule has 0 bridgehead atoms. The van der Waals surface area contributed by atoms with Crippen molar-refractivity contribution in [1.29, 1.82) is 0 Å². The zero-order chi connectivity index (χ0) is 18.5. The lowest BCUT2D eigenvalue weighted by Gasteiger charge is -2.11. The number of carbonyl (C=O) groups excluding carboxylic acids is 1. The predicted octanol–water partition coefficient (Wildman–Crippen LogP) is 1.49. The van der Waals surface area contributed by atoms with Gasteiger partial charge in [-0.3, -0.25) is 14.3 Å². The zero-order valence-corrected chi connectivity index (χ0v) is 14.8. The summed E-state index contributed by atoms with van der Waals surface area (Å²) in [5.41, 5.74) is 2.83. The molecule has 2 heterocycles. The van der Waals surface area contributed by atoms with Gasteiger partial charge in [-0.15, -0.1) is 0 Å². The van der Waals surface area contributed by atoms with E-state index in [4.69, 9.17) is 0 Å². The molecule has 0 spiro atoms. The molecule has 3 aromatic rings. The highest BCUT2D eigenvalue weighted by Gasteiger charge is 2.12. The molecule has 3 rings (SSSR count). The maximum atomic E-state index is 12.3. The largest absolute Gasteiger partial charge is 0.352 e. The monoisotopic (exact) mass is 351 g/mol. The van der Waals surface area contributed by atoms with Gasteiger partial charge in [0, 0.05) is 30.2 Å². The molecule has 0 radical (unpaired) electrons. The number of benzene rings is 1. The van der Waals surface area contributed by atoms with Crippen LogP contribution in [0.15, 0.2) is 47.5 Å². The summed E-state index contributed by atoms with van der Waals surface area (Å²) < 4.78 is 1.83. The van der Waals surface area contributed by atoms with Crippen LogP contribution in [0.2, 0.25) is 0 Å². The van der Waals surface area contributed by atoms with Crippen molar-refractivity contribution in [2.24, 2.45) is 0 Å². The minimum atomic E-state index is -0.260. The lowest BCUT2D eigenvalue weighted by Crippen LogP contribution is -2.29. The van der Waals surface area contributed by atoms with Crippen molar-refractivity contribution in [2.45, 2.75) is 33.4 Å². The summed E-state index contributed by atoms with van der Waals surface area (Å²) >= 11 is 0. The molecule has 7 heteroatoms. The Bertz CT molecular complexity index is 960. The molecule has 0 saturated carbocycles. The number of hydrogen-bond acceptors (Lipinski definition) is 4. The number of rotatable bonds is 6. The van der Waals surface area contributed by atoms with E-state index in [1.807, 2.05) is 41.2 Å². The van der Waals surface area contributed by atoms with Gasteiger partial charge in [-0.2, -0.15) is 5.10 Å². The Balaban J connectivity index is 1.66. The molecule has 0 atom stereocenters. The molecule has 0 saturated heterocycles. The number of hydrogen-bond donors (Lipinski definition) is 2. The summed E-state index contributed by atoms with van der Waals surface area (Å²) in [6.45, 7) is 4.49. The summed E-state index contributed by atoms with van der Waals surface area (Å²) in [6, 6.07) is 9.77. The molecule has 0 unspecified atom stereocenters. The van der Waals surface area contributed by atoms with Crippen LogP contribution in [0.1, 0.15) is 28.2 Å². The fraction of sp³-hybridized carbons (Fsp3) is 0.263. The number of aromatic amines is 1. The Morgan fingerprint density at radius 1 is 1.19 bits per heavy atom. The van der Waals surface area contributed by atoms with Crippen molar-refractivity contribution in [3.05, 3.63) is 81.3 Å². The molecule has 26 heavy (non-hydrogen) atoms. The Morgan fingerprint density at radius 3 is 2.65 bits per heavy atom. The van der Waals surface area contributed by atoms with Crippen LogP contribution in [0.4, 0.5) is 0 Å². The van der Waals surface area contributed by atoms with E-state index in [2.05, 4.69) is 20.4 Å². The number of H-pyrrole nitrogens is 1. The zero-order valence-electron chi connectivity index (χ0n) is 14.8. The van der Waals surface area contributed by atoms with Gasteiger partial charge >= 0.3 is 0 Å². The molecular weight excluding hydrogens is 330 g/mol. The van der Waals surface area contributed by atoms with Gasteiger partial charge in [0.25, 0.3) is 5.56 Å². The van der Waals surface area contributed by atoms with Crippen LogP contribution in [0.5, 0.6) is 0 Å². The number of aromatic nitrogens is 4. The Hall–Kier alpha value is -3.22. The van der Waals surface area contributed by atoms with Crippen LogP contribution in [0, 0.1) is 13.8 Å². The van der Waals surface area contributed by atoms with Crippen molar-refractivity contribution in [1.82, 2.24) is 25.1 Å². The molecule has 1 amide bonds. The van der Waals surface area contributed by atoms with Crippen LogP contribution < -0.4 is 10.9 Å². The number of carbonyl (C=O) groups is 1. The van der Waals surface area contributed by atoms with Crippen LogP contribution in [-0.4, -0.2) is 25.7 Å². The first kappa shape index (κ1) is 17.6. The standard InChI is InChI=1S/C19H21N5O2/c1-13-17(19(26)23-14(2)22-13)10-18(25)20-11-15-6-3-4-7-16(15)12-24-9-5-8-21-24/h3-9H,10-12H2,1-2H3,(H,20,25)(H,22,23,26). The fourth-order valence-electron chi connectivity index (χ4n) is 2.83. The van der Waals surface area contributed by atoms with Gasteiger partial charge in [-0.05, 0) is 31.0 Å². The number of amides is 1. The third-order valence-electron chi connectivity index (χ3n) is 4.16. The van der Waals surface area contributed by atoms with E-state index in [9.17, 15) is 9.59 Å². The van der Waals surface area contributed by atoms with Crippen LogP contribution >= 0.6 is 0 Å². The van der Waals surface area contributed by atoms with E-state index >= 15 is 0 Å². The highest BCUT2D eigenvalue weighted by atomic mass is 16.2. The Kier molecular flexibility index (Phi) is 5.26. The molecule has 2 N–H and O–H groups in total. The van der Waals surface area contributed by atoms with Crippen LogP contribution in [0.3, 0.4) is 0 Å². The van der Waals surface area contributed by atoms with Gasteiger partial charge < -0.3 is 10.3 Å². The summed E-state index contributed by atoms with van der Waals surface area (Å²) in [5, 5.41) is 7.10. The van der Waals surface area contributed by atoms with E-state index in [1.165, 1.54) is 0 Å². The maximum absolute atomic E-state index is 12.3. The van der Waals surface area contributed by atoms with Gasteiger partial charge in [0.1, 0.15) is 5.82 Å². The normalized spacial score (nSPS) is 10.7. The SMILES string of the molecule is Cc1nc(C)c(CC(=O)NCc2ccccc2Cn2cccn2)c(=O)[nH]1. The third-order valence-corrected chi connectivity index (χ3v) is 4.16. The second-order valence-electron chi connectivity index (χ2n) is 6.14. The molecule has 0 aliphatic rings. The van der Waals surface area contributed by atoms with Gasteiger partial charge in [0.05, 0.1) is 13.0 Å². The van der Waals surface area contributed by atoms with Crippen molar-refractivity contribution in [3.63, 3.8) is 0 Å². The first-order valence-electron chi connectivity index (χ1n) is 8.40. The lowest BCUT2D eigenvalue weighted by atomic mass is 10.1. The number of aryl methyl sites for hydroxylation is 2. The quantitative estimate of drug-likeness (QED) is 0.704. The number of nitrogens with zero attached hydrogens (tertiary/aromatic N) is 3. The van der Waals surface area contributed by atoms with E-state index < -0.39 is 0 Å². The number of nitrogens with one attached hydrogen (secondary N) is 2. The molecule has 2 aromatic heterocycles. The van der Waals surface area contributed by atoms with Gasteiger partial charge in [0.15, 0.2) is 0 Å². The van der Waals surface area contributed by atoms with E-state index in [1.54, 1.807) is 20.0 Å². The van der Waals surface area contributed by atoms with Crippen LogP contribution in [-0.2, 0) is 24.3 Å². The molecule has 0 aliphatic carbocycles. The molecule has 0 fully saturated rings. The van der Waals surface area contributed by atoms with E-state index in [-0.39, 0.29) is 17.9 Å². The van der Waals surface area contributed by atoms with Gasteiger partial charge in [0.2, 0.25) is 5.91 Å². The molecule has 7 nitrogen and oxygen atoms in total. The molecule has 1 aromatic carbocycles. The average Bonchev–Trinajstić information content (AvgIpc) is 3.10. The van der Waals surface area contributed by atoms with E-state index in [0.29, 0.717) is 30.2 Å². The lowest BCUT2D eigenvalue weighted by molar-refractivity contribution is -0.120. The summed E-state index contributed by atoms with van der Waals surface area (Å²) in [6.07, 6.45) is 3.64. The highest BCUT2D eigenvalue weighted by molar-refractivity contribution is 5.78. The average molecular weight is 351 g/mol. The first-order valence-corrected chi connectivity index (χ1v) is 8.40. The second kappa shape index (κ2) is 7.77. The van der Waals surface area contributed by atoms with Crippen molar-refractivity contribution in [2.75, 3.05) is 0 Å². The molecule has 0 aliphatic heterocycles. The third kappa shape index (κ3) is 4.24. The van der Waals surface area contributed by atoms with Gasteiger partial charge in [-0.25, -0.2) is 4.98 Å². The van der Waals surface area contributed by atoms with Gasteiger partial charge in [-0.1, -0.05) is 24.3 Å². The minimum absolute atomic E-state index is 0.00969. The molecular formula is C19H21N5O2. The Morgan fingerprint density at radius 2 is 1.96 bits per heavy atom. The summed E-state index contributed by atoms with van der Waals surface area (Å²) in [5.74, 6) is 0.336. The fourth-order valence-corrected chi connectivity index (χ4v) is 2.83. The van der Waals surface area contributed by atoms with E-state index in [0.717, 1.165) is 11.1 Å². The summed E-state index contributed by atoms with van der Waals surface area (Å²) in [4.78, 5) is 31.2. The predicted molar refractivity (Wildman–Crippen MR) is 97.7 cm³/mol. The first-order chi connectivity index (χ1) is 12.5. The Labute approximate surface area is 151 Å². The topological polar surface area (TPSA) is 92.7 Å². The summed E-state index contributed by atoms with van der Waals surface area (Å²) in [7, 11) is 0. The van der Waals surface area contributed by atoms with Crippen LogP contribution in [0.25, 0.3) is 0 Å². The highest BCUT2D eigenvalue weighted by Crippen LogP contribution is 2.10. The maximum Gasteiger partial charge on any atom is 0.254 e. The minimum Gasteiger partial charge on any atom is -0.352 e.